The van der Waals surface area contributed by atoms with Crippen molar-refractivity contribution < 1.29 is 9.84 Å². The summed E-state index contributed by atoms with van der Waals surface area (Å²) in [7, 11) is 0. The zero-order valence-electron chi connectivity index (χ0n) is 16.2. The molecule has 7 nitrogen and oxygen atoms in total. The maximum Gasteiger partial charge on any atom is 0.153 e. The molecule has 1 N–H and O–H groups in total. The van der Waals surface area contributed by atoms with Crippen LogP contribution in [0.4, 0.5) is 5.82 Å². The lowest BCUT2D eigenvalue weighted by molar-refractivity contribution is -0.0236. The van der Waals surface area contributed by atoms with Crippen molar-refractivity contribution >= 4 is 11.5 Å². The molecule has 0 spiro atoms. The minimum absolute atomic E-state index is 0.187. The van der Waals surface area contributed by atoms with Crippen LogP contribution in [0, 0.1) is 25.7 Å². The van der Waals surface area contributed by atoms with Gasteiger partial charge in [0.05, 0.1) is 11.8 Å². The van der Waals surface area contributed by atoms with Gasteiger partial charge in [0.1, 0.15) is 17.7 Å². The first-order chi connectivity index (χ1) is 13.6. The van der Waals surface area contributed by atoms with Gasteiger partial charge in [-0.2, -0.15) is 0 Å². The molecular formula is C21H25N5O2. The Morgan fingerprint density at radius 1 is 1.07 bits per heavy atom. The Hall–Kier alpha value is -2.67. The van der Waals surface area contributed by atoms with Gasteiger partial charge in [0.15, 0.2) is 5.65 Å². The van der Waals surface area contributed by atoms with Crippen molar-refractivity contribution in [2.45, 2.75) is 38.9 Å². The summed E-state index contributed by atoms with van der Waals surface area (Å²) >= 11 is 0. The fourth-order valence-electron chi connectivity index (χ4n) is 4.64. The van der Waals surface area contributed by atoms with Gasteiger partial charge >= 0.3 is 0 Å². The van der Waals surface area contributed by atoms with Gasteiger partial charge in [-0.3, -0.25) is 4.98 Å². The van der Waals surface area contributed by atoms with Gasteiger partial charge in [-0.15, -0.1) is 5.10 Å². The summed E-state index contributed by atoms with van der Waals surface area (Å²) < 4.78 is 8.00. The van der Waals surface area contributed by atoms with Crippen LogP contribution in [0.1, 0.15) is 24.2 Å². The van der Waals surface area contributed by atoms with Crippen molar-refractivity contribution in [3.63, 3.8) is 0 Å². The van der Waals surface area contributed by atoms with Crippen molar-refractivity contribution in [2.24, 2.45) is 11.8 Å². The van der Waals surface area contributed by atoms with Crippen molar-refractivity contribution in [1.29, 1.82) is 0 Å². The highest BCUT2D eigenvalue weighted by Gasteiger charge is 2.43. The summed E-state index contributed by atoms with van der Waals surface area (Å²) in [6, 6.07) is 7.95. The van der Waals surface area contributed by atoms with E-state index in [-0.39, 0.29) is 6.10 Å². The summed E-state index contributed by atoms with van der Waals surface area (Å²) in [5.74, 6) is 2.69. The molecule has 1 aliphatic heterocycles. The fourth-order valence-corrected chi connectivity index (χ4v) is 4.64. The van der Waals surface area contributed by atoms with Crippen LogP contribution >= 0.6 is 0 Å². The minimum atomic E-state index is -0.453. The van der Waals surface area contributed by atoms with E-state index in [4.69, 9.17) is 4.74 Å². The molecule has 1 aliphatic carbocycles. The highest BCUT2D eigenvalue weighted by molar-refractivity contribution is 5.46. The van der Waals surface area contributed by atoms with Crippen LogP contribution in [0.15, 0.2) is 36.7 Å². The zero-order valence-corrected chi connectivity index (χ0v) is 16.2. The number of aliphatic hydroxyl groups is 1. The van der Waals surface area contributed by atoms with E-state index in [1.807, 2.05) is 48.8 Å². The molecular weight excluding hydrogens is 354 g/mol. The monoisotopic (exact) mass is 379 g/mol. The van der Waals surface area contributed by atoms with Crippen molar-refractivity contribution in [2.75, 3.05) is 18.0 Å². The van der Waals surface area contributed by atoms with Gasteiger partial charge in [0, 0.05) is 31.2 Å². The van der Waals surface area contributed by atoms with E-state index in [0.717, 1.165) is 54.5 Å². The average Bonchev–Trinajstić information content (AvgIpc) is 3.29. The molecule has 0 aromatic carbocycles. The van der Waals surface area contributed by atoms with E-state index in [2.05, 4.69) is 20.0 Å². The predicted molar refractivity (Wildman–Crippen MR) is 106 cm³/mol. The molecule has 5 rings (SSSR count). The van der Waals surface area contributed by atoms with Crippen LogP contribution in [-0.4, -0.2) is 50.0 Å². The number of aliphatic hydroxyl groups excluding tert-OH is 1. The van der Waals surface area contributed by atoms with Crippen LogP contribution < -0.4 is 9.64 Å². The topological polar surface area (TPSA) is 75.8 Å². The maximum atomic E-state index is 10.7. The Balaban J connectivity index is 1.31. The number of aromatic nitrogens is 4. The van der Waals surface area contributed by atoms with E-state index >= 15 is 0 Å². The first-order valence-corrected chi connectivity index (χ1v) is 9.91. The molecule has 1 saturated heterocycles. The molecule has 3 aromatic heterocycles. The normalized spacial score (nSPS) is 27.2. The Morgan fingerprint density at radius 3 is 2.71 bits per heavy atom. The van der Waals surface area contributed by atoms with Crippen molar-refractivity contribution in [3.05, 3.63) is 48.0 Å². The number of ether oxygens (including phenoxy) is 1. The third-order valence-corrected chi connectivity index (χ3v) is 6.10. The van der Waals surface area contributed by atoms with E-state index in [0.29, 0.717) is 11.8 Å². The summed E-state index contributed by atoms with van der Waals surface area (Å²) in [5, 5.41) is 15.4. The fraction of sp³-hybridized carbons (Fsp3) is 0.476. The van der Waals surface area contributed by atoms with E-state index in [1.54, 1.807) is 6.20 Å². The van der Waals surface area contributed by atoms with Gasteiger partial charge in [0.2, 0.25) is 0 Å². The number of hydrogen-bond acceptors (Lipinski definition) is 6. The van der Waals surface area contributed by atoms with Gasteiger partial charge in [-0.25, -0.2) is 9.50 Å². The Morgan fingerprint density at radius 2 is 1.89 bits per heavy atom. The Kier molecular flexibility index (Phi) is 4.19. The number of fused-ring (bicyclic) bond motifs is 2. The van der Waals surface area contributed by atoms with Gasteiger partial charge in [-0.05, 0) is 62.8 Å². The van der Waals surface area contributed by atoms with E-state index < -0.39 is 6.10 Å². The van der Waals surface area contributed by atoms with Gasteiger partial charge < -0.3 is 14.7 Å². The van der Waals surface area contributed by atoms with Gasteiger partial charge in [-0.1, -0.05) is 0 Å². The number of anilines is 1. The number of hydrogen-bond donors (Lipinski definition) is 1. The molecule has 3 aromatic rings. The minimum Gasteiger partial charge on any atom is -0.486 e. The van der Waals surface area contributed by atoms with Crippen LogP contribution in [-0.2, 0) is 0 Å². The van der Waals surface area contributed by atoms with Crippen LogP contribution in [0.5, 0.6) is 5.75 Å². The molecule has 7 heteroatoms. The lowest BCUT2D eigenvalue weighted by atomic mass is 9.78. The Bertz CT molecular complexity index is 1000. The number of aryl methyl sites for hydroxylation is 2. The van der Waals surface area contributed by atoms with E-state index in [1.165, 1.54) is 0 Å². The number of pyridine rings is 1. The summed E-state index contributed by atoms with van der Waals surface area (Å²) in [4.78, 5) is 11.1. The third kappa shape index (κ3) is 3.09. The molecule has 0 amide bonds. The standard InChI is InChI=1S/C21H25N5O2/c1-13-3-4-18(14(2)23-13)28-19-10-16-12-25(11-15(16)9-17(19)27)21-6-5-20-22-7-8-26(20)24-21/h3-8,15-17,19,27H,9-12H2,1-2H3/t15-,16+,17+,19+/m0/s1. The Labute approximate surface area is 164 Å². The molecule has 1 saturated carbocycles. The summed E-state index contributed by atoms with van der Waals surface area (Å²) in [6.45, 7) is 5.79. The third-order valence-electron chi connectivity index (χ3n) is 6.10. The first kappa shape index (κ1) is 17.4. The average molecular weight is 379 g/mol. The lowest BCUT2D eigenvalue weighted by Gasteiger charge is -2.35. The van der Waals surface area contributed by atoms with Crippen molar-refractivity contribution in [1.82, 2.24) is 19.6 Å². The second kappa shape index (κ2) is 6.74. The number of nitrogens with zero attached hydrogens (tertiary/aromatic N) is 5. The number of imidazole rings is 1. The summed E-state index contributed by atoms with van der Waals surface area (Å²) in [5.41, 5.74) is 2.70. The molecule has 2 fully saturated rings. The van der Waals surface area contributed by atoms with Crippen LogP contribution in [0.2, 0.25) is 0 Å². The van der Waals surface area contributed by atoms with E-state index in [9.17, 15) is 5.11 Å². The molecule has 0 radical (unpaired) electrons. The molecule has 28 heavy (non-hydrogen) atoms. The molecule has 2 aliphatic rings. The maximum absolute atomic E-state index is 10.7. The quantitative estimate of drug-likeness (QED) is 0.753. The second-order valence-electron chi connectivity index (χ2n) is 8.08. The van der Waals surface area contributed by atoms with Gasteiger partial charge in [0.25, 0.3) is 0 Å². The molecule has 4 atom stereocenters. The van der Waals surface area contributed by atoms with Crippen molar-refractivity contribution in [3.8, 4) is 5.75 Å². The first-order valence-electron chi connectivity index (χ1n) is 9.91. The number of rotatable bonds is 3. The SMILES string of the molecule is Cc1ccc(O[C@@H]2C[C@@H]3CN(c4ccc5nccn5n4)C[C@@H]3C[C@H]2O)c(C)n1. The highest BCUT2D eigenvalue weighted by Crippen LogP contribution is 2.39. The highest BCUT2D eigenvalue weighted by atomic mass is 16.5. The van der Waals surface area contributed by atoms with Crippen LogP contribution in [0.25, 0.3) is 5.65 Å². The zero-order chi connectivity index (χ0) is 19.3. The summed E-state index contributed by atoms with van der Waals surface area (Å²) in [6.07, 6.45) is 4.60. The predicted octanol–water partition coefficient (Wildman–Crippen LogP) is 2.40. The lowest BCUT2D eigenvalue weighted by Crippen LogP contribution is -2.42. The molecule has 4 heterocycles. The molecule has 0 bridgehead atoms. The smallest absolute Gasteiger partial charge is 0.153 e. The molecule has 0 unspecified atom stereocenters. The molecule has 146 valence electrons. The van der Waals surface area contributed by atoms with Crippen LogP contribution in [0.3, 0.4) is 0 Å². The largest absolute Gasteiger partial charge is 0.486 e. The second-order valence-corrected chi connectivity index (χ2v) is 8.08.